The standard InChI is InChI=1S/C7H4Cl2FNO4S/c8-3-1-4(10)5(11-7(12)13)2-6(3)16(9,14)15/h1-2,11H,(H,12,13). The Morgan fingerprint density at radius 1 is 1.44 bits per heavy atom. The molecule has 1 rings (SSSR count). The molecule has 1 aromatic carbocycles. The summed E-state index contributed by atoms with van der Waals surface area (Å²) in [6.45, 7) is 0. The molecule has 0 heterocycles. The highest BCUT2D eigenvalue weighted by Crippen LogP contribution is 2.29. The van der Waals surface area contributed by atoms with Gasteiger partial charge < -0.3 is 5.11 Å². The molecule has 1 aromatic rings. The van der Waals surface area contributed by atoms with E-state index in [0.717, 1.165) is 0 Å². The number of rotatable bonds is 2. The van der Waals surface area contributed by atoms with Gasteiger partial charge in [0, 0.05) is 10.7 Å². The quantitative estimate of drug-likeness (QED) is 0.819. The first-order chi connectivity index (χ1) is 7.21. The van der Waals surface area contributed by atoms with Crippen molar-refractivity contribution >= 4 is 43.1 Å². The summed E-state index contributed by atoms with van der Waals surface area (Å²) >= 11 is 5.44. The Hall–Kier alpha value is -1.05. The lowest BCUT2D eigenvalue weighted by molar-refractivity contribution is 0.209. The van der Waals surface area contributed by atoms with Crippen LogP contribution < -0.4 is 5.32 Å². The monoisotopic (exact) mass is 287 g/mol. The van der Waals surface area contributed by atoms with Crippen LogP contribution in [0.4, 0.5) is 14.9 Å². The van der Waals surface area contributed by atoms with Crippen LogP contribution in [0.3, 0.4) is 0 Å². The molecule has 0 saturated heterocycles. The number of anilines is 1. The van der Waals surface area contributed by atoms with Crippen LogP contribution in [0.5, 0.6) is 0 Å². The summed E-state index contributed by atoms with van der Waals surface area (Å²) in [5.41, 5.74) is -0.545. The van der Waals surface area contributed by atoms with E-state index in [4.69, 9.17) is 27.4 Å². The number of hydrogen-bond donors (Lipinski definition) is 2. The van der Waals surface area contributed by atoms with E-state index in [9.17, 15) is 17.6 Å². The van der Waals surface area contributed by atoms with Crippen molar-refractivity contribution in [1.29, 1.82) is 0 Å². The third kappa shape index (κ3) is 2.97. The molecular formula is C7H4Cl2FNO4S. The minimum Gasteiger partial charge on any atom is -0.465 e. The predicted molar refractivity (Wildman–Crippen MR) is 56.1 cm³/mol. The minimum atomic E-state index is -4.17. The molecule has 88 valence electrons. The van der Waals surface area contributed by atoms with Gasteiger partial charge in [-0.3, -0.25) is 5.32 Å². The summed E-state index contributed by atoms with van der Waals surface area (Å²) in [7, 11) is 0.847. The van der Waals surface area contributed by atoms with Crippen molar-refractivity contribution in [3.05, 3.63) is 23.0 Å². The van der Waals surface area contributed by atoms with Crippen molar-refractivity contribution in [1.82, 2.24) is 0 Å². The molecule has 0 fully saturated rings. The second-order valence-corrected chi connectivity index (χ2v) is 5.57. The highest BCUT2D eigenvalue weighted by Gasteiger charge is 2.19. The highest BCUT2D eigenvalue weighted by molar-refractivity contribution is 8.13. The second kappa shape index (κ2) is 4.44. The maximum Gasteiger partial charge on any atom is 0.409 e. The lowest BCUT2D eigenvalue weighted by atomic mass is 10.3. The lowest BCUT2D eigenvalue weighted by Gasteiger charge is -2.06. The van der Waals surface area contributed by atoms with Gasteiger partial charge in [0.1, 0.15) is 10.7 Å². The summed E-state index contributed by atoms with van der Waals surface area (Å²) in [5, 5.41) is 9.61. The van der Waals surface area contributed by atoms with Crippen molar-refractivity contribution in [3.63, 3.8) is 0 Å². The van der Waals surface area contributed by atoms with Crippen LogP contribution in [0.1, 0.15) is 0 Å². The zero-order chi connectivity index (χ0) is 12.5. The van der Waals surface area contributed by atoms with Crippen molar-refractivity contribution < 1.29 is 22.7 Å². The number of amides is 1. The Morgan fingerprint density at radius 2 is 2.00 bits per heavy atom. The predicted octanol–water partition coefficient (Wildman–Crippen LogP) is 2.50. The van der Waals surface area contributed by atoms with Gasteiger partial charge in [-0.1, -0.05) is 11.6 Å². The van der Waals surface area contributed by atoms with Crippen LogP contribution in [0.25, 0.3) is 0 Å². The maximum atomic E-state index is 13.1. The smallest absolute Gasteiger partial charge is 0.409 e. The molecule has 0 bridgehead atoms. The van der Waals surface area contributed by atoms with Gasteiger partial charge in [-0.2, -0.15) is 0 Å². The van der Waals surface area contributed by atoms with Gasteiger partial charge in [0.2, 0.25) is 0 Å². The first-order valence-corrected chi connectivity index (χ1v) is 6.34. The molecule has 5 nitrogen and oxygen atoms in total. The number of carbonyl (C=O) groups is 1. The molecule has 16 heavy (non-hydrogen) atoms. The van der Waals surface area contributed by atoms with Gasteiger partial charge in [0.15, 0.2) is 0 Å². The number of carboxylic acid groups (broad SMARTS) is 1. The minimum absolute atomic E-state index is 0.427. The maximum absolute atomic E-state index is 13.1. The molecule has 0 atom stereocenters. The number of halogens is 3. The van der Waals surface area contributed by atoms with Gasteiger partial charge in [0.25, 0.3) is 9.05 Å². The van der Waals surface area contributed by atoms with E-state index in [-0.39, 0.29) is 0 Å². The molecule has 0 aromatic heterocycles. The lowest BCUT2D eigenvalue weighted by Crippen LogP contribution is -2.09. The summed E-state index contributed by atoms with van der Waals surface area (Å²) in [5.74, 6) is -1.00. The molecule has 0 aliphatic heterocycles. The average molecular weight is 288 g/mol. The van der Waals surface area contributed by atoms with E-state index in [1.165, 1.54) is 0 Å². The van der Waals surface area contributed by atoms with Crippen LogP contribution in [0.15, 0.2) is 17.0 Å². The van der Waals surface area contributed by atoms with Crippen molar-refractivity contribution in [3.8, 4) is 0 Å². The van der Waals surface area contributed by atoms with Gasteiger partial charge >= 0.3 is 6.09 Å². The van der Waals surface area contributed by atoms with E-state index in [1.54, 1.807) is 5.32 Å². The summed E-state index contributed by atoms with van der Waals surface area (Å²) in [4.78, 5) is 9.71. The van der Waals surface area contributed by atoms with E-state index in [1.807, 2.05) is 0 Å². The van der Waals surface area contributed by atoms with Crippen molar-refractivity contribution in [2.24, 2.45) is 0 Å². The largest absolute Gasteiger partial charge is 0.465 e. The fraction of sp³-hybridized carbons (Fsp3) is 0. The molecule has 0 aliphatic rings. The normalized spacial score (nSPS) is 11.2. The molecule has 1 amide bonds. The highest BCUT2D eigenvalue weighted by atomic mass is 35.7. The van der Waals surface area contributed by atoms with Crippen LogP contribution >= 0.6 is 22.3 Å². The second-order valence-electron chi connectivity index (χ2n) is 2.63. The molecule has 0 radical (unpaired) electrons. The van der Waals surface area contributed by atoms with Gasteiger partial charge in [-0.25, -0.2) is 17.6 Å². The van der Waals surface area contributed by atoms with E-state index >= 15 is 0 Å². The zero-order valence-corrected chi connectivity index (χ0v) is 9.70. The summed E-state index contributed by atoms with van der Waals surface area (Å²) in [6.07, 6.45) is -1.54. The first-order valence-electron chi connectivity index (χ1n) is 3.65. The number of benzene rings is 1. The molecule has 9 heteroatoms. The van der Waals surface area contributed by atoms with E-state index < -0.39 is 36.6 Å². The van der Waals surface area contributed by atoms with Crippen molar-refractivity contribution in [2.45, 2.75) is 4.90 Å². The summed E-state index contributed by atoms with van der Waals surface area (Å²) in [6, 6.07) is 1.36. The Bertz CT molecular complexity index is 546. The van der Waals surface area contributed by atoms with E-state index in [0.29, 0.717) is 12.1 Å². The van der Waals surface area contributed by atoms with Crippen molar-refractivity contribution in [2.75, 3.05) is 5.32 Å². The zero-order valence-electron chi connectivity index (χ0n) is 7.37. The molecule has 0 aliphatic carbocycles. The van der Waals surface area contributed by atoms with Crippen LogP contribution in [-0.2, 0) is 9.05 Å². The molecule has 2 N–H and O–H groups in total. The molecule has 0 spiro atoms. The molecular weight excluding hydrogens is 284 g/mol. The Labute approximate surface area is 99.2 Å². The fourth-order valence-corrected chi connectivity index (χ4v) is 2.43. The summed E-state index contributed by atoms with van der Waals surface area (Å²) < 4.78 is 35.1. The SMILES string of the molecule is O=C(O)Nc1cc(S(=O)(=O)Cl)c(Cl)cc1F. The number of nitrogens with one attached hydrogen (secondary N) is 1. The van der Waals surface area contributed by atoms with Gasteiger partial charge in [-0.15, -0.1) is 0 Å². The Morgan fingerprint density at radius 3 is 2.44 bits per heavy atom. The van der Waals surface area contributed by atoms with Gasteiger partial charge in [0.05, 0.1) is 10.7 Å². The van der Waals surface area contributed by atoms with Crippen LogP contribution in [-0.4, -0.2) is 19.6 Å². The number of hydrogen-bond acceptors (Lipinski definition) is 3. The Kier molecular flexibility index (Phi) is 3.61. The third-order valence-corrected chi connectivity index (χ3v) is 3.31. The van der Waals surface area contributed by atoms with Crippen LogP contribution in [0, 0.1) is 5.82 Å². The Balaban J connectivity index is 3.38. The first kappa shape index (κ1) is 13.0. The fourth-order valence-electron chi connectivity index (χ4n) is 0.927. The average Bonchev–Trinajstić information content (AvgIpc) is 2.06. The third-order valence-electron chi connectivity index (χ3n) is 1.53. The molecule has 0 unspecified atom stereocenters. The molecule has 0 saturated carbocycles. The topological polar surface area (TPSA) is 83.5 Å². The van der Waals surface area contributed by atoms with E-state index in [2.05, 4.69) is 0 Å². The van der Waals surface area contributed by atoms with Gasteiger partial charge in [-0.05, 0) is 12.1 Å². The van der Waals surface area contributed by atoms with Crippen LogP contribution in [0.2, 0.25) is 5.02 Å².